The van der Waals surface area contributed by atoms with Crippen LogP contribution in [-0.2, 0) is 9.53 Å². The zero-order valence-corrected chi connectivity index (χ0v) is 10.9. The molecule has 1 N–H and O–H groups in total. The van der Waals surface area contributed by atoms with Gasteiger partial charge in [0.15, 0.2) is 0 Å². The Morgan fingerprint density at radius 1 is 1.73 bits per heavy atom. The third-order valence-electron chi connectivity index (χ3n) is 1.56. The van der Waals surface area contributed by atoms with Crippen molar-refractivity contribution in [3.8, 4) is 0 Å². The fraction of sp³-hybridized carbons (Fsp3) is 0.375. The lowest BCUT2D eigenvalue weighted by atomic mass is 10.4. The molecular weight excluding hydrogens is 331 g/mol. The summed E-state index contributed by atoms with van der Waals surface area (Å²) in [6.45, 7) is 0.240. The SMILES string of the molecule is COC(=O)C(I)CNC(=O)c1cscn1. The zero-order valence-electron chi connectivity index (χ0n) is 7.90. The van der Waals surface area contributed by atoms with Crippen molar-refractivity contribution in [2.24, 2.45) is 0 Å². The number of carbonyl (C=O) groups excluding carboxylic acids is 2. The molecule has 0 aliphatic carbocycles. The Balaban J connectivity index is 2.38. The van der Waals surface area contributed by atoms with Crippen molar-refractivity contribution in [1.29, 1.82) is 0 Å². The molecule has 1 atom stereocenters. The molecule has 5 nitrogen and oxygen atoms in total. The number of ether oxygens (including phenoxy) is 1. The van der Waals surface area contributed by atoms with E-state index in [0.29, 0.717) is 5.69 Å². The van der Waals surface area contributed by atoms with Crippen LogP contribution in [0.2, 0.25) is 0 Å². The van der Waals surface area contributed by atoms with E-state index in [1.54, 1.807) is 10.9 Å². The topological polar surface area (TPSA) is 68.3 Å². The zero-order chi connectivity index (χ0) is 11.3. The lowest BCUT2D eigenvalue weighted by molar-refractivity contribution is -0.139. The molecule has 0 aromatic carbocycles. The van der Waals surface area contributed by atoms with Crippen LogP contribution in [0.5, 0.6) is 0 Å². The molecule has 0 radical (unpaired) electrons. The van der Waals surface area contributed by atoms with Gasteiger partial charge in [-0.3, -0.25) is 9.59 Å². The van der Waals surface area contributed by atoms with Gasteiger partial charge < -0.3 is 10.1 Å². The Kier molecular flexibility index (Phi) is 4.95. The lowest BCUT2D eigenvalue weighted by Crippen LogP contribution is -2.33. The van der Waals surface area contributed by atoms with Crippen LogP contribution in [0.1, 0.15) is 10.5 Å². The molecule has 0 spiro atoms. The summed E-state index contributed by atoms with van der Waals surface area (Å²) in [6, 6.07) is 0. The number of methoxy groups -OCH3 is 1. The van der Waals surface area contributed by atoms with E-state index >= 15 is 0 Å². The Bertz CT molecular complexity index is 342. The average Bonchev–Trinajstić information content (AvgIpc) is 2.77. The summed E-state index contributed by atoms with van der Waals surface area (Å²) in [5.74, 6) is -0.629. The van der Waals surface area contributed by atoms with Gasteiger partial charge >= 0.3 is 5.97 Å². The van der Waals surface area contributed by atoms with E-state index in [2.05, 4.69) is 15.0 Å². The van der Waals surface area contributed by atoms with E-state index in [-0.39, 0.29) is 22.3 Å². The summed E-state index contributed by atoms with van der Waals surface area (Å²) < 4.78 is 4.14. The predicted octanol–water partition coefficient (Wildman–Crippen LogP) is 0.849. The molecule has 1 amide bonds. The molecule has 7 heteroatoms. The van der Waals surface area contributed by atoms with E-state index in [1.807, 2.05) is 22.6 Å². The standard InChI is InChI=1S/C8H9IN2O3S/c1-14-8(13)5(9)2-10-7(12)6-3-15-4-11-6/h3-5H,2H2,1H3,(H,10,12). The van der Waals surface area contributed by atoms with Crippen LogP contribution in [0.15, 0.2) is 10.9 Å². The second kappa shape index (κ2) is 6.01. The highest BCUT2D eigenvalue weighted by atomic mass is 127. The minimum absolute atomic E-state index is 0.240. The van der Waals surface area contributed by atoms with Crippen LogP contribution in [-0.4, -0.2) is 34.4 Å². The molecule has 1 aromatic heterocycles. The number of rotatable bonds is 4. The lowest BCUT2D eigenvalue weighted by Gasteiger charge is -2.07. The van der Waals surface area contributed by atoms with Gasteiger partial charge in [0.25, 0.3) is 5.91 Å². The molecule has 0 fully saturated rings. The molecule has 1 aromatic rings. The number of hydrogen-bond donors (Lipinski definition) is 1. The maximum absolute atomic E-state index is 11.4. The Morgan fingerprint density at radius 2 is 2.47 bits per heavy atom. The number of aromatic nitrogens is 1. The van der Waals surface area contributed by atoms with Crippen LogP contribution in [0.25, 0.3) is 0 Å². The molecule has 15 heavy (non-hydrogen) atoms. The number of nitrogens with one attached hydrogen (secondary N) is 1. The number of hydrogen-bond acceptors (Lipinski definition) is 5. The number of carbonyl (C=O) groups is 2. The highest BCUT2D eigenvalue weighted by molar-refractivity contribution is 14.1. The Hall–Kier alpha value is -0.700. The quantitative estimate of drug-likeness (QED) is 0.501. The summed E-state index contributed by atoms with van der Waals surface area (Å²) in [6.07, 6.45) is 0. The molecule has 1 rings (SSSR count). The molecule has 1 heterocycles. The maximum Gasteiger partial charge on any atom is 0.320 e. The number of amides is 1. The average molecular weight is 340 g/mol. The molecule has 0 aliphatic rings. The van der Waals surface area contributed by atoms with Crippen molar-refractivity contribution in [2.45, 2.75) is 3.92 Å². The molecule has 0 saturated carbocycles. The fourth-order valence-corrected chi connectivity index (χ4v) is 1.82. The molecule has 0 saturated heterocycles. The van der Waals surface area contributed by atoms with Gasteiger partial charge in [-0.1, -0.05) is 22.6 Å². The van der Waals surface area contributed by atoms with Crippen LogP contribution >= 0.6 is 33.9 Å². The summed E-state index contributed by atoms with van der Waals surface area (Å²) in [5.41, 5.74) is 1.95. The van der Waals surface area contributed by atoms with Gasteiger partial charge in [-0.2, -0.15) is 0 Å². The number of nitrogens with zero attached hydrogens (tertiary/aromatic N) is 1. The number of halogens is 1. The largest absolute Gasteiger partial charge is 0.468 e. The Morgan fingerprint density at radius 3 is 3.00 bits per heavy atom. The van der Waals surface area contributed by atoms with Crippen LogP contribution in [0.3, 0.4) is 0 Å². The van der Waals surface area contributed by atoms with Crippen molar-refractivity contribution in [1.82, 2.24) is 10.3 Å². The minimum atomic E-state index is -0.379. The minimum Gasteiger partial charge on any atom is -0.468 e. The van der Waals surface area contributed by atoms with Crippen molar-refractivity contribution in [3.63, 3.8) is 0 Å². The first-order valence-electron chi connectivity index (χ1n) is 4.03. The van der Waals surface area contributed by atoms with E-state index in [1.165, 1.54) is 18.4 Å². The van der Waals surface area contributed by atoms with Gasteiger partial charge in [-0.05, 0) is 0 Å². The van der Waals surface area contributed by atoms with E-state index in [0.717, 1.165) is 0 Å². The van der Waals surface area contributed by atoms with Crippen molar-refractivity contribution < 1.29 is 14.3 Å². The monoisotopic (exact) mass is 340 g/mol. The Labute approximate surface area is 104 Å². The summed E-state index contributed by atoms with van der Waals surface area (Å²) in [7, 11) is 1.32. The smallest absolute Gasteiger partial charge is 0.320 e. The van der Waals surface area contributed by atoms with Gasteiger partial charge in [-0.25, -0.2) is 4.98 Å². The second-order valence-corrected chi connectivity index (χ2v) is 4.80. The predicted molar refractivity (Wildman–Crippen MR) is 64.3 cm³/mol. The first-order valence-corrected chi connectivity index (χ1v) is 6.22. The summed E-state index contributed by atoms with van der Waals surface area (Å²) >= 11 is 3.26. The van der Waals surface area contributed by atoms with Gasteiger partial charge in [0, 0.05) is 11.9 Å². The normalized spacial score (nSPS) is 11.9. The number of thiazole rings is 1. The summed E-state index contributed by atoms with van der Waals surface area (Å²) in [5, 5.41) is 4.25. The first kappa shape index (κ1) is 12.4. The fourth-order valence-electron chi connectivity index (χ4n) is 0.809. The summed E-state index contributed by atoms with van der Waals surface area (Å²) in [4.78, 5) is 26.3. The van der Waals surface area contributed by atoms with E-state index in [9.17, 15) is 9.59 Å². The van der Waals surface area contributed by atoms with E-state index in [4.69, 9.17) is 0 Å². The van der Waals surface area contributed by atoms with Crippen LogP contribution in [0, 0.1) is 0 Å². The highest BCUT2D eigenvalue weighted by Gasteiger charge is 2.16. The van der Waals surface area contributed by atoms with Crippen LogP contribution < -0.4 is 5.32 Å². The van der Waals surface area contributed by atoms with E-state index < -0.39 is 0 Å². The van der Waals surface area contributed by atoms with Gasteiger partial charge in [0.05, 0.1) is 12.6 Å². The van der Waals surface area contributed by atoms with Crippen molar-refractivity contribution in [3.05, 3.63) is 16.6 Å². The second-order valence-electron chi connectivity index (χ2n) is 2.57. The number of alkyl halides is 1. The van der Waals surface area contributed by atoms with Gasteiger partial charge in [0.2, 0.25) is 0 Å². The molecule has 1 unspecified atom stereocenters. The maximum atomic E-state index is 11.4. The van der Waals surface area contributed by atoms with Crippen LogP contribution in [0.4, 0.5) is 0 Å². The molecule has 0 aliphatic heterocycles. The van der Waals surface area contributed by atoms with Gasteiger partial charge in [-0.15, -0.1) is 11.3 Å². The third-order valence-corrected chi connectivity index (χ3v) is 3.10. The number of esters is 1. The highest BCUT2D eigenvalue weighted by Crippen LogP contribution is 2.03. The molecular formula is C8H9IN2O3S. The third kappa shape index (κ3) is 3.74. The molecule has 0 bridgehead atoms. The van der Waals surface area contributed by atoms with Crippen molar-refractivity contribution >= 4 is 45.8 Å². The first-order chi connectivity index (χ1) is 7.15. The van der Waals surface area contributed by atoms with Gasteiger partial charge in [0.1, 0.15) is 9.62 Å². The molecule has 82 valence electrons. The van der Waals surface area contributed by atoms with Crippen molar-refractivity contribution in [2.75, 3.05) is 13.7 Å².